The molecule has 132 valence electrons. The largest absolute Gasteiger partial charge is 0.481 e. The second kappa shape index (κ2) is 6.21. The molecule has 0 radical (unpaired) electrons. The lowest BCUT2D eigenvalue weighted by Crippen LogP contribution is -2.29. The van der Waals surface area contributed by atoms with E-state index in [1.54, 1.807) is 30.6 Å². The topological polar surface area (TPSA) is 87.8 Å². The normalized spacial score (nSPS) is 19.8. The Bertz CT molecular complexity index is 1000. The molecule has 7 nitrogen and oxygen atoms in total. The summed E-state index contributed by atoms with van der Waals surface area (Å²) in [6.45, 7) is 0.253. The van der Waals surface area contributed by atoms with E-state index >= 15 is 0 Å². The molecule has 1 aromatic carbocycles. The molecule has 0 saturated carbocycles. The first-order valence-electron chi connectivity index (χ1n) is 8.10. The van der Waals surface area contributed by atoms with Crippen LogP contribution < -0.4 is 0 Å². The third-order valence-corrected chi connectivity index (χ3v) is 4.71. The Morgan fingerprint density at radius 1 is 1.23 bits per heavy atom. The molecule has 3 heterocycles. The Labute approximate surface area is 147 Å². The number of carbonyl (C=O) groups is 2. The number of aliphatic carboxylic acids is 1. The van der Waals surface area contributed by atoms with E-state index in [1.807, 2.05) is 0 Å². The Kier molecular flexibility index (Phi) is 3.87. The number of aromatic nitrogens is 3. The van der Waals surface area contributed by atoms with Gasteiger partial charge in [-0.2, -0.15) is 5.10 Å². The minimum absolute atomic E-state index is 0.0551. The number of fused-ring (bicyclic) bond motifs is 1. The van der Waals surface area contributed by atoms with E-state index in [-0.39, 0.29) is 19.0 Å². The van der Waals surface area contributed by atoms with Crippen molar-refractivity contribution >= 4 is 17.5 Å². The molecule has 0 unspecified atom stereocenters. The van der Waals surface area contributed by atoms with E-state index in [0.29, 0.717) is 16.8 Å². The summed E-state index contributed by atoms with van der Waals surface area (Å²) in [6, 6.07) is 7.57. The molecule has 0 aliphatic carbocycles. The Morgan fingerprint density at radius 3 is 2.85 bits per heavy atom. The van der Waals surface area contributed by atoms with Crippen molar-refractivity contribution in [1.29, 1.82) is 0 Å². The van der Waals surface area contributed by atoms with Crippen molar-refractivity contribution in [3.8, 4) is 0 Å². The number of amides is 1. The van der Waals surface area contributed by atoms with Gasteiger partial charge in [0.05, 0.1) is 12.1 Å². The highest BCUT2D eigenvalue weighted by molar-refractivity contribution is 6.00. The fourth-order valence-electron chi connectivity index (χ4n) is 3.44. The summed E-state index contributed by atoms with van der Waals surface area (Å²) < 4.78 is 15.0. The molecule has 1 fully saturated rings. The second-order valence-corrected chi connectivity index (χ2v) is 6.26. The highest BCUT2D eigenvalue weighted by atomic mass is 19.1. The van der Waals surface area contributed by atoms with Gasteiger partial charge in [-0.15, -0.1) is 0 Å². The number of halogens is 1. The van der Waals surface area contributed by atoms with E-state index in [0.717, 1.165) is 0 Å². The number of carbonyl (C=O) groups excluding carboxylic acids is 1. The third kappa shape index (κ3) is 2.69. The predicted molar refractivity (Wildman–Crippen MR) is 89.2 cm³/mol. The maximum atomic E-state index is 13.6. The van der Waals surface area contributed by atoms with Crippen molar-refractivity contribution in [2.45, 2.75) is 5.92 Å². The molecule has 2 aromatic heterocycles. The lowest BCUT2D eigenvalue weighted by molar-refractivity contribution is -0.141. The van der Waals surface area contributed by atoms with Crippen LogP contribution in [0.1, 0.15) is 21.8 Å². The van der Waals surface area contributed by atoms with E-state index in [9.17, 15) is 19.1 Å². The zero-order chi connectivity index (χ0) is 18.3. The molecule has 0 spiro atoms. The molecule has 1 aliphatic rings. The lowest BCUT2D eigenvalue weighted by Gasteiger charge is -2.16. The highest BCUT2D eigenvalue weighted by Gasteiger charge is 2.41. The van der Waals surface area contributed by atoms with Gasteiger partial charge in [-0.1, -0.05) is 12.1 Å². The van der Waals surface area contributed by atoms with Crippen LogP contribution in [0.5, 0.6) is 0 Å². The van der Waals surface area contributed by atoms with Crippen LogP contribution in [0.4, 0.5) is 4.39 Å². The van der Waals surface area contributed by atoms with Gasteiger partial charge in [0.1, 0.15) is 11.4 Å². The Hall–Kier alpha value is -3.29. The first kappa shape index (κ1) is 16.2. The molecule has 26 heavy (non-hydrogen) atoms. The maximum Gasteiger partial charge on any atom is 0.308 e. The van der Waals surface area contributed by atoms with Gasteiger partial charge in [0, 0.05) is 31.4 Å². The van der Waals surface area contributed by atoms with Gasteiger partial charge >= 0.3 is 5.97 Å². The van der Waals surface area contributed by atoms with Gasteiger partial charge in [-0.25, -0.2) is 13.9 Å². The van der Waals surface area contributed by atoms with Gasteiger partial charge in [-0.05, 0) is 23.8 Å². The van der Waals surface area contributed by atoms with E-state index in [1.165, 1.54) is 27.7 Å². The monoisotopic (exact) mass is 354 g/mol. The van der Waals surface area contributed by atoms with E-state index in [4.69, 9.17) is 0 Å². The van der Waals surface area contributed by atoms with Crippen molar-refractivity contribution in [1.82, 2.24) is 19.5 Å². The summed E-state index contributed by atoms with van der Waals surface area (Å²) >= 11 is 0. The fraction of sp³-hybridized carbons (Fsp3) is 0.222. The summed E-state index contributed by atoms with van der Waals surface area (Å²) in [5.74, 6) is -3.03. The summed E-state index contributed by atoms with van der Waals surface area (Å²) in [5, 5.41) is 13.7. The predicted octanol–water partition coefficient (Wildman–Crippen LogP) is 1.81. The maximum absolute atomic E-state index is 13.6. The molecule has 2 atom stereocenters. The molecular formula is C18H15FN4O3. The quantitative estimate of drug-likeness (QED) is 0.775. The van der Waals surface area contributed by atoms with Gasteiger partial charge in [-0.3, -0.25) is 9.59 Å². The van der Waals surface area contributed by atoms with E-state index in [2.05, 4.69) is 10.1 Å². The number of rotatable bonds is 3. The molecule has 1 N–H and O–H groups in total. The minimum atomic E-state index is -1.01. The average Bonchev–Trinajstić information content (AvgIpc) is 3.26. The van der Waals surface area contributed by atoms with Crippen LogP contribution in [0.3, 0.4) is 0 Å². The summed E-state index contributed by atoms with van der Waals surface area (Å²) in [5.41, 5.74) is 1.30. The smallest absolute Gasteiger partial charge is 0.308 e. The molecule has 8 heteroatoms. The first-order valence-corrected chi connectivity index (χ1v) is 8.10. The van der Waals surface area contributed by atoms with E-state index < -0.39 is 23.6 Å². The van der Waals surface area contributed by atoms with Crippen molar-refractivity contribution in [3.05, 3.63) is 65.9 Å². The standard InChI is InChI=1S/C18H15FN4O3/c19-12-4-1-3-11(7-12)14-9-22(10-15(14)18(25)26)17(24)13-8-21-23-6-2-5-20-16(13)23/h1-8,14-15H,9-10H2,(H,25,26)/t14-,15+/m0/s1. The van der Waals surface area contributed by atoms with Crippen LogP contribution in [-0.4, -0.2) is 49.6 Å². The molecule has 1 saturated heterocycles. The van der Waals surface area contributed by atoms with Crippen LogP contribution in [0.25, 0.3) is 5.65 Å². The van der Waals surface area contributed by atoms with Crippen LogP contribution in [0.2, 0.25) is 0 Å². The minimum Gasteiger partial charge on any atom is -0.481 e. The van der Waals surface area contributed by atoms with Crippen LogP contribution in [0.15, 0.2) is 48.9 Å². The number of nitrogens with zero attached hydrogens (tertiary/aromatic N) is 4. The van der Waals surface area contributed by atoms with Crippen LogP contribution in [0, 0.1) is 11.7 Å². The zero-order valence-electron chi connectivity index (χ0n) is 13.6. The van der Waals surface area contributed by atoms with Gasteiger partial charge in [0.2, 0.25) is 0 Å². The highest BCUT2D eigenvalue weighted by Crippen LogP contribution is 2.34. The molecule has 1 aliphatic heterocycles. The van der Waals surface area contributed by atoms with Crippen molar-refractivity contribution < 1.29 is 19.1 Å². The number of likely N-dealkylation sites (tertiary alicyclic amines) is 1. The first-order chi connectivity index (χ1) is 12.5. The van der Waals surface area contributed by atoms with Crippen LogP contribution in [-0.2, 0) is 4.79 Å². The fourth-order valence-corrected chi connectivity index (χ4v) is 3.44. The summed E-state index contributed by atoms with van der Waals surface area (Å²) in [7, 11) is 0. The summed E-state index contributed by atoms with van der Waals surface area (Å²) in [4.78, 5) is 30.2. The second-order valence-electron chi connectivity index (χ2n) is 6.26. The number of carboxylic acids is 1. The van der Waals surface area contributed by atoms with Gasteiger partial charge in [0.15, 0.2) is 5.65 Å². The Morgan fingerprint density at radius 2 is 2.08 bits per heavy atom. The van der Waals surface area contributed by atoms with Crippen molar-refractivity contribution in [3.63, 3.8) is 0 Å². The third-order valence-electron chi connectivity index (χ3n) is 4.71. The van der Waals surface area contributed by atoms with Crippen LogP contribution >= 0.6 is 0 Å². The summed E-state index contributed by atoms with van der Waals surface area (Å²) in [6.07, 6.45) is 4.67. The molecular weight excluding hydrogens is 339 g/mol. The molecule has 1 amide bonds. The van der Waals surface area contributed by atoms with Gasteiger partial charge < -0.3 is 10.0 Å². The number of hydrogen-bond acceptors (Lipinski definition) is 4. The molecule has 4 rings (SSSR count). The molecule has 0 bridgehead atoms. The number of carboxylic acid groups (broad SMARTS) is 1. The Balaban J connectivity index is 1.66. The number of hydrogen-bond donors (Lipinski definition) is 1. The van der Waals surface area contributed by atoms with Crippen molar-refractivity contribution in [2.24, 2.45) is 5.92 Å². The number of benzene rings is 1. The van der Waals surface area contributed by atoms with Crippen molar-refractivity contribution in [2.75, 3.05) is 13.1 Å². The molecule has 3 aromatic rings. The zero-order valence-corrected chi connectivity index (χ0v) is 13.6. The lowest BCUT2D eigenvalue weighted by atomic mass is 9.89. The van der Waals surface area contributed by atoms with Gasteiger partial charge in [0.25, 0.3) is 5.91 Å². The SMILES string of the molecule is O=C(O)[C@@H]1CN(C(=O)c2cnn3cccnc23)C[C@H]1c1cccc(F)c1. The average molecular weight is 354 g/mol.